The van der Waals surface area contributed by atoms with E-state index in [2.05, 4.69) is 4.90 Å². The molecule has 80 valence electrons. The van der Waals surface area contributed by atoms with Crippen LogP contribution in [-0.4, -0.2) is 43.2 Å². The van der Waals surface area contributed by atoms with Gasteiger partial charge in [0.05, 0.1) is 12.0 Å². The first-order chi connectivity index (χ1) is 6.75. The molecule has 2 aliphatic heterocycles. The molecule has 0 spiro atoms. The van der Waals surface area contributed by atoms with Gasteiger partial charge in [-0.2, -0.15) is 0 Å². The van der Waals surface area contributed by atoms with Gasteiger partial charge in [0.2, 0.25) is 5.91 Å². The van der Waals surface area contributed by atoms with Crippen LogP contribution in [0.5, 0.6) is 0 Å². The van der Waals surface area contributed by atoms with E-state index in [-0.39, 0.29) is 11.8 Å². The highest BCUT2D eigenvalue weighted by Gasteiger charge is 2.28. The predicted molar refractivity (Wildman–Crippen MR) is 52.7 cm³/mol. The van der Waals surface area contributed by atoms with Crippen molar-refractivity contribution < 1.29 is 9.53 Å². The number of carbonyl (C=O) groups excluding carboxylic acids is 1. The first-order valence-corrected chi connectivity index (χ1v) is 5.39. The molecule has 2 N–H and O–H groups in total. The second-order valence-electron chi connectivity index (χ2n) is 4.28. The van der Waals surface area contributed by atoms with Gasteiger partial charge in [-0.1, -0.05) is 0 Å². The molecule has 2 atom stereocenters. The minimum Gasteiger partial charge on any atom is -0.377 e. The summed E-state index contributed by atoms with van der Waals surface area (Å²) in [6.07, 6.45) is 3.65. The summed E-state index contributed by atoms with van der Waals surface area (Å²) in [6, 6.07) is 0. The first kappa shape index (κ1) is 9.93. The van der Waals surface area contributed by atoms with Crippen molar-refractivity contribution in [3.63, 3.8) is 0 Å². The number of nitrogens with two attached hydrogens (primary N) is 1. The Balaban J connectivity index is 1.75. The zero-order valence-corrected chi connectivity index (χ0v) is 8.45. The van der Waals surface area contributed by atoms with Gasteiger partial charge in [-0.25, -0.2) is 0 Å². The Labute approximate surface area is 84.4 Å². The monoisotopic (exact) mass is 198 g/mol. The Kier molecular flexibility index (Phi) is 3.03. The molecule has 0 aromatic heterocycles. The molecule has 2 rings (SSSR count). The molecule has 0 radical (unpaired) electrons. The molecule has 0 aromatic carbocycles. The lowest BCUT2D eigenvalue weighted by molar-refractivity contribution is -0.121. The molecule has 2 saturated heterocycles. The van der Waals surface area contributed by atoms with Gasteiger partial charge in [0.25, 0.3) is 0 Å². The summed E-state index contributed by atoms with van der Waals surface area (Å²) < 4.78 is 5.55. The summed E-state index contributed by atoms with van der Waals surface area (Å²) in [4.78, 5) is 13.2. The molecular weight excluding hydrogens is 180 g/mol. The summed E-state index contributed by atoms with van der Waals surface area (Å²) in [6.45, 7) is 3.70. The van der Waals surface area contributed by atoms with Gasteiger partial charge in [-0.05, 0) is 25.8 Å². The van der Waals surface area contributed by atoms with E-state index in [4.69, 9.17) is 10.5 Å². The van der Waals surface area contributed by atoms with Crippen LogP contribution in [0.15, 0.2) is 0 Å². The number of ether oxygens (including phenoxy) is 1. The third kappa shape index (κ3) is 2.25. The van der Waals surface area contributed by atoms with Crippen molar-refractivity contribution in [3.05, 3.63) is 0 Å². The molecule has 4 nitrogen and oxygen atoms in total. The lowest BCUT2D eigenvalue weighted by Gasteiger charge is -2.19. The van der Waals surface area contributed by atoms with E-state index in [0.29, 0.717) is 6.10 Å². The van der Waals surface area contributed by atoms with Crippen LogP contribution in [0.4, 0.5) is 0 Å². The number of nitrogens with zero attached hydrogens (tertiary/aromatic N) is 1. The number of hydrogen-bond acceptors (Lipinski definition) is 3. The van der Waals surface area contributed by atoms with Crippen LogP contribution in [0.3, 0.4) is 0 Å². The first-order valence-electron chi connectivity index (χ1n) is 5.39. The van der Waals surface area contributed by atoms with Crippen molar-refractivity contribution in [1.82, 2.24) is 4.90 Å². The number of rotatable bonds is 3. The van der Waals surface area contributed by atoms with Crippen molar-refractivity contribution in [2.45, 2.75) is 25.4 Å². The zero-order chi connectivity index (χ0) is 9.97. The lowest BCUT2D eigenvalue weighted by atomic mass is 10.1. The molecule has 0 bridgehead atoms. The lowest BCUT2D eigenvalue weighted by Crippen LogP contribution is -2.32. The molecule has 1 amide bonds. The fraction of sp³-hybridized carbons (Fsp3) is 0.900. The molecule has 2 unspecified atom stereocenters. The van der Waals surface area contributed by atoms with Gasteiger partial charge in [-0.3, -0.25) is 9.69 Å². The smallest absolute Gasteiger partial charge is 0.221 e. The second-order valence-corrected chi connectivity index (χ2v) is 4.28. The van der Waals surface area contributed by atoms with Gasteiger partial charge in [-0.15, -0.1) is 0 Å². The van der Waals surface area contributed by atoms with Crippen LogP contribution in [0, 0.1) is 5.92 Å². The predicted octanol–water partition coefficient (Wildman–Crippen LogP) is -0.0274. The number of likely N-dealkylation sites (tertiary alicyclic amines) is 1. The van der Waals surface area contributed by atoms with Crippen molar-refractivity contribution in [2.24, 2.45) is 11.7 Å². The molecule has 4 heteroatoms. The average Bonchev–Trinajstić information content (AvgIpc) is 2.75. The van der Waals surface area contributed by atoms with Gasteiger partial charge in [0.1, 0.15) is 0 Å². The molecular formula is C10H18N2O2. The average molecular weight is 198 g/mol. The van der Waals surface area contributed by atoms with E-state index in [1.165, 1.54) is 6.42 Å². The second kappa shape index (κ2) is 4.28. The third-order valence-corrected chi connectivity index (χ3v) is 3.16. The van der Waals surface area contributed by atoms with Crippen molar-refractivity contribution in [1.29, 1.82) is 0 Å². The van der Waals surface area contributed by atoms with E-state index in [1.54, 1.807) is 0 Å². The quantitative estimate of drug-likeness (QED) is 0.693. The Morgan fingerprint density at radius 2 is 2.36 bits per heavy atom. The normalized spacial score (nSPS) is 33.7. The highest BCUT2D eigenvalue weighted by Crippen LogP contribution is 2.19. The van der Waals surface area contributed by atoms with Gasteiger partial charge in [0, 0.05) is 19.7 Å². The van der Waals surface area contributed by atoms with Crippen LogP contribution in [-0.2, 0) is 9.53 Å². The molecule has 0 aromatic rings. The molecule has 0 aliphatic carbocycles. The maximum Gasteiger partial charge on any atom is 0.221 e. The number of amides is 1. The molecule has 2 fully saturated rings. The van der Waals surface area contributed by atoms with Crippen LogP contribution < -0.4 is 5.73 Å². The van der Waals surface area contributed by atoms with E-state index in [1.807, 2.05) is 0 Å². The van der Waals surface area contributed by atoms with Crippen LogP contribution >= 0.6 is 0 Å². The third-order valence-electron chi connectivity index (χ3n) is 3.16. The Morgan fingerprint density at radius 3 is 2.93 bits per heavy atom. The maximum atomic E-state index is 10.9. The highest BCUT2D eigenvalue weighted by atomic mass is 16.5. The van der Waals surface area contributed by atoms with Crippen LogP contribution in [0.1, 0.15) is 19.3 Å². The van der Waals surface area contributed by atoms with Gasteiger partial charge < -0.3 is 10.5 Å². The minimum atomic E-state index is -0.153. The summed E-state index contributed by atoms with van der Waals surface area (Å²) in [5.41, 5.74) is 5.27. The molecule has 2 aliphatic rings. The molecule has 0 saturated carbocycles. The van der Waals surface area contributed by atoms with Crippen LogP contribution in [0.2, 0.25) is 0 Å². The number of hydrogen-bond donors (Lipinski definition) is 1. The topological polar surface area (TPSA) is 55.6 Å². The Morgan fingerprint density at radius 1 is 1.50 bits per heavy atom. The fourth-order valence-corrected chi connectivity index (χ4v) is 2.31. The minimum absolute atomic E-state index is 0.0661. The van der Waals surface area contributed by atoms with Gasteiger partial charge in [0.15, 0.2) is 0 Å². The van der Waals surface area contributed by atoms with E-state index < -0.39 is 0 Å². The summed E-state index contributed by atoms with van der Waals surface area (Å²) >= 11 is 0. The SMILES string of the molecule is NC(=O)C1CCN(CC2CCCO2)C1. The number of primary amides is 1. The fourth-order valence-electron chi connectivity index (χ4n) is 2.31. The maximum absolute atomic E-state index is 10.9. The standard InChI is InChI=1S/C10H18N2O2/c11-10(13)8-3-4-12(6-8)7-9-2-1-5-14-9/h8-9H,1-7H2,(H2,11,13). The van der Waals surface area contributed by atoms with Crippen molar-refractivity contribution >= 4 is 5.91 Å². The number of carbonyl (C=O) groups is 1. The Bertz CT molecular complexity index is 214. The summed E-state index contributed by atoms with van der Waals surface area (Å²) in [7, 11) is 0. The van der Waals surface area contributed by atoms with E-state index in [0.717, 1.165) is 39.1 Å². The van der Waals surface area contributed by atoms with E-state index >= 15 is 0 Å². The molecule has 14 heavy (non-hydrogen) atoms. The Hall–Kier alpha value is -0.610. The highest BCUT2D eigenvalue weighted by molar-refractivity contribution is 5.77. The summed E-state index contributed by atoms with van der Waals surface area (Å²) in [5.74, 6) is -0.0868. The summed E-state index contributed by atoms with van der Waals surface area (Å²) in [5, 5.41) is 0. The van der Waals surface area contributed by atoms with E-state index in [9.17, 15) is 4.79 Å². The largest absolute Gasteiger partial charge is 0.377 e. The zero-order valence-electron chi connectivity index (χ0n) is 8.45. The van der Waals surface area contributed by atoms with Crippen molar-refractivity contribution in [3.8, 4) is 0 Å². The van der Waals surface area contributed by atoms with Crippen molar-refractivity contribution in [2.75, 3.05) is 26.2 Å². The molecule has 2 heterocycles. The van der Waals surface area contributed by atoms with Gasteiger partial charge >= 0.3 is 0 Å². The van der Waals surface area contributed by atoms with Crippen LogP contribution in [0.25, 0.3) is 0 Å².